The molecule has 0 aliphatic rings. The van der Waals surface area contributed by atoms with Crippen molar-refractivity contribution < 1.29 is 0 Å². The summed E-state index contributed by atoms with van der Waals surface area (Å²) >= 11 is 0. The average Bonchev–Trinajstić information content (AvgIpc) is 2.98. The second kappa shape index (κ2) is 9.16. The highest BCUT2D eigenvalue weighted by Crippen LogP contribution is 2.15. The van der Waals surface area contributed by atoms with E-state index in [9.17, 15) is 0 Å². The fraction of sp³-hybridized carbons (Fsp3) is 0.381. The molecular weight excluding hydrogens is 336 g/mol. The van der Waals surface area contributed by atoms with E-state index in [0.717, 1.165) is 54.7 Å². The van der Waals surface area contributed by atoms with E-state index in [4.69, 9.17) is 0 Å². The number of rotatable bonds is 7. The normalized spacial score (nSPS) is 11.7. The number of nitrogens with zero attached hydrogens (tertiary/aromatic N) is 4. The van der Waals surface area contributed by atoms with Crippen molar-refractivity contribution in [3.05, 3.63) is 59.7 Å². The van der Waals surface area contributed by atoms with Crippen molar-refractivity contribution in [2.75, 3.05) is 13.1 Å². The topological polar surface area (TPSA) is 67.1 Å². The van der Waals surface area contributed by atoms with E-state index < -0.39 is 0 Å². The van der Waals surface area contributed by atoms with Gasteiger partial charge in [-0.15, -0.1) is 0 Å². The first-order valence-corrected chi connectivity index (χ1v) is 9.54. The van der Waals surface area contributed by atoms with Crippen LogP contribution in [0.1, 0.15) is 30.6 Å². The van der Waals surface area contributed by atoms with Gasteiger partial charge in [-0.2, -0.15) is 0 Å². The van der Waals surface area contributed by atoms with Gasteiger partial charge in [-0.25, -0.2) is 9.98 Å². The molecular formula is C21H28N6. The van der Waals surface area contributed by atoms with Crippen molar-refractivity contribution >= 4 is 17.0 Å². The minimum atomic E-state index is 0.572. The molecule has 0 amide bonds. The lowest BCUT2D eigenvalue weighted by Gasteiger charge is -2.12. The van der Waals surface area contributed by atoms with Crippen LogP contribution >= 0.6 is 0 Å². The van der Waals surface area contributed by atoms with Gasteiger partial charge in [0.05, 0.1) is 23.3 Å². The third-order valence-electron chi connectivity index (χ3n) is 4.39. The van der Waals surface area contributed by atoms with E-state index in [0.29, 0.717) is 6.54 Å². The molecule has 0 spiro atoms. The van der Waals surface area contributed by atoms with Crippen molar-refractivity contribution in [3.8, 4) is 0 Å². The Balaban J connectivity index is 1.55. The van der Waals surface area contributed by atoms with E-state index in [1.807, 2.05) is 31.2 Å². The second-order valence-electron chi connectivity index (χ2n) is 6.55. The smallest absolute Gasteiger partial charge is 0.191 e. The van der Waals surface area contributed by atoms with Crippen LogP contribution in [0.2, 0.25) is 0 Å². The second-order valence-corrected chi connectivity index (χ2v) is 6.55. The van der Waals surface area contributed by atoms with E-state index >= 15 is 0 Å². The molecule has 2 N–H and O–H groups in total. The van der Waals surface area contributed by atoms with Crippen molar-refractivity contribution in [1.29, 1.82) is 0 Å². The van der Waals surface area contributed by atoms with Gasteiger partial charge in [0.15, 0.2) is 5.96 Å². The molecule has 27 heavy (non-hydrogen) atoms. The molecule has 0 saturated carbocycles. The molecule has 0 radical (unpaired) electrons. The molecule has 0 bridgehead atoms. The van der Waals surface area contributed by atoms with Crippen LogP contribution < -0.4 is 10.6 Å². The molecule has 2 heterocycles. The highest BCUT2D eigenvalue weighted by molar-refractivity contribution is 5.79. The number of hydrogen-bond donors (Lipinski definition) is 2. The maximum atomic E-state index is 4.64. The van der Waals surface area contributed by atoms with Gasteiger partial charge in [0.2, 0.25) is 0 Å². The number of aliphatic imine (C=N–C) groups is 1. The van der Waals surface area contributed by atoms with Gasteiger partial charge in [0.1, 0.15) is 5.82 Å². The van der Waals surface area contributed by atoms with Crippen LogP contribution in [-0.4, -0.2) is 33.6 Å². The number of para-hydroxylation sites is 2. The highest BCUT2D eigenvalue weighted by atomic mass is 15.2. The molecule has 0 fully saturated rings. The summed E-state index contributed by atoms with van der Waals surface area (Å²) in [6.07, 6.45) is 0.994. The Morgan fingerprint density at radius 1 is 1.04 bits per heavy atom. The van der Waals surface area contributed by atoms with Crippen molar-refractivity contribution in [2.45, 2.75) is 40.3 Å². The largest absolute Gasteiger partial charge is 0.357 e. The predicted molar refractivity (Wildman–Crippen MR) is 111 cm³/mol. The SMILES string of the molecule is CCNC(=NCc1cccc(C)n1)NCCCn1c(C)nc2ccccc21. The Morgan fingerprint density at radius 2 is 1.89 bits per heavy atom. The van der Waals surface area contributed by atoms with E-state index in [1.54, 1.807) is 0 Å². The minimum absolute atomic E-state index is 0.572. The fourth-order valence-electron chi connectivity index (χ4n) is 3.11. The molecule has 3 aromatic rings. The molecule has 6 heteroatoms. The summed E-state index contributed by atoms with van der Waals surface area (Å²) in [6.45, 7) is 9.31. The molecule has 142 valence electrons. The molecule has 0 saturated heterocycles. The van der Waals surface area contributed by atoms with Gasteiger partial charge in [-0.05, 0) is 51.5 Å². The molecule has 0 unspecified atom stereocenters. The summed E-state index contributed by atoms with van der Waals surface area (Å²) in [7, 11) is 0. The number of fused-ring (bicyclic) bond motifs is 1. The summed E-state index contributed by atoms with van der Waals surface area (Å²) in [5.74, 6) is 1.88. The average molecular weight is 364 g/mol. The number of benzene rings is 1. The first-order chi connectivity index (χ1) is 13.2. The number of nitrogens with one attached hydrogen (secondary N) is 2. The zero-order valence-corrected chi connectivity index (χ0v) is 16.4. The van der Waals surface area contributed by atoms with Crippen LogP contribution in [0.4, 0.5) is 0 Å². The number of guanidine groups is 1. The van der Waals surface area contributed by atoms with Gasteiger partial charge in [-0.3, -0.25) is 4.98 Å². The van der Waals surface area contributed by atoms with Gasteiger partial charge in [0.25, 0.3) is 0 Å². The van der Waals surface area contributed by atoms with Crippen LogP contribution in [-0.2, 0) is 13.1 Å². The fourth-order valence-corrected chi connectivity index (χ4v) is 3.11. The van der Waals surface area contributed by atoms with Crippen LogP contribution in [0.15, 0.2) is 47.5 Å². The number of pyridine rings is 1. The van der Waals surface area contributed by atoms with Crippen molar-refractivity contribution in [1.82, 2.24) is 25.2 Å². The molecule has 2 aromatic heterocycles. The van der Waals surface area contributed by atoms with Gasteiger partial charge in [-0.1, -0.05) is 18.2 Å². The van der Waals surface area contributed by atoms with E-state index in [2.05, 4.69) is 62.2 Å². The minimum Gasteiger partial charge on any atom is -0.357 e. The van der Waals surface area contributed by atoms with Gasteiger partial charge >= 0.3 is 0 Å². The van der Waals surface area contributed by atoms with Gasteiger partial charge in [0, 0.05) is 25.3 Å². The maximum absolute atomic E-state index is 4.64. The number of aromatic nitrogens is 3. The zero-order chi connectivity index (χ0) is 19.1. The summed E-state index contributed by atoms with van der Waals surface area (Å²) in [5.41, 5.74) is 4.25. The summed E-state index contributed by atoms with van der Waals surface area (Å²) in [4.78, 5) is 13.8. The standard InChI is InChI=1S/C21H28N6/c1-4-22-21(24-15-18-10-7-9-16(2)25-18)23-13-8-14-27-17(3)26-19-11-5-6-12-20(19)27/h5-7,9-12H,4,8,13-15H2,1-3H3,(H2,22,23,24). The highest BCUT2D eigenvalue weighted by Gasteiger charge is 2.06. The quantitative estimate of drug-likeness (QED) is 0.384. The maximum Gasteiger partial charge on any atom is 0.191 e. The van der Waals surface area contributed by atoms with E-state index in [-0.39, 0.29) is 0 Å². The number of aryl methyl sites for hydroxylation is 3. The van der Waals surface area contributed by atoms with Crippen LogP contribution in [0.3, 0.4) is 0 Å². The Labute approximate surface area is 160 Å². The Hall–Kier alpha value is -2.89. The lowest BCUT2D eigenvalue weighted by atomic mass is 10.3. The Kier molecular flexibility index (Phi) is 6.41. The molecule has 0 aliphatic carbocycles. The Bertz CT molecular complexity index is 912. The lowest BCUT2D eigenvalue weighted by Crippen LogP contribution is -2.38. The first kappa shape index (κ1) is 18.9. The lowest BCUT2D eigenvalue weighted by molar-refractivity contribution is 0.624. The summed E-state index contributed by atoms with van der Waals surface area (Å²) in [5, 5.41) is 6.71. The Morgan fingerprint density at radius 3 is 2.70 bits per heavy atom. The summed E-state index contributed by atoms with van der Waals surface area (Å²) < 4.78 is 2.28. The predicted octanol–water partition coefficient (Wildman–Crippen LogP) is 3.19. The first-order valence-electron chi connectivity index (χ1n) is 9.54. The van der Waals surface area contributed by atoms with Crippen LogP contribution in [0.25, 0.3) is 11.0 Å². The van der Waals surface area contributed by atoms with Crippen LogP contribution in [0.5, 0.6) is 0 Å². The molecule has 0 atom stereocenters. The van der Waals surface area contributed by atoms with Crippen LogP contribution in [0, 0.1) is 13.8 Å². The number of imidazole rings is 1. The monoisotopic (exact) mass is 364 g/mol. The third kappa shape index (κ3) is 5.06. The third-order valence-corrected chi connectivity index (χ3v) is 4.39. The van der Waals surface area contributed by atoms with Gasteiger partial charge < -0.3 is 15.2 Å². The van der Waals surface area contributed by atoms with Crippen molar-refractivity contribution in [2.24, 2.45) is 4.99 Å². The molecule has 1 aromatic carbocycles. The zero-order valence-electron chi connectivity index (χ0n) is 16.4. The molecule has 6 nitrogen and oxygen atoms in total. The van der Waals surface area contributed by atoms with E-state index in [1.165, 1.54) is 5.52 Å². The number of hydrogen-bond acceptors (Lipinski definition) is 3. The summed E-state index contributed by atoms with van der Waals surface area (Å²) in [6, 6.07) is 14.3. The molecule has 0 aliphatic heterocycles. The van der Waals surface area contributed by atoms with Crippen molar-refractivity contribution in [3.63, 3.8) is 0 Å². The molecule has 3 rings (SSSR count).